The van der Waals surface area contributed by atoms with E-state index in [1.165, 1.54) is 16.5 Å². The molecule has 1 atom stereocenters. The van der Waals surface area contributed by atoms with Crippen LogP contribution in [0.3, 0.4) is 0 Å². The van der Waals surface area contributed by atoms with Crippen molar-refractivity contribution in [3.8, 4) is 0 Å². The van der Waals surface area contributed by atoms with E-state index in [2.05, 4.69) is 52.4 Å². The first-order valence-electron chi connectivity index (χ1n) is 6.89. The van der Waals surface area contributed by atoms with E-state index in [0.717, 1.165) is 15.8 Å². The predicted octanol–water partition coefficient (Wildman–Crippen LogP) is 4.82. The normalized spacial score (nSPS) is 12.4. The highest BCUT2D eigenvalue weighted by atomic mass is 79.9. The van der Waals surface area contributed by atoms with Crippen molar-refractivity contribution < 1.29 is 4.39 Å². The maximum Gasteiger partial charge on any atom is 0.126 e. The summed E-state index contributed by atoms with van der Waals surface area (Å²) in [5.74, 6) is 0.768. The molecule has 1 N–H and O–H groups in total. The Morgan fingerprint density at radius 2 is 1.90 bits per heavy atom. The standard InChI is InChI=1S/C17H19BrFNS/c1-12-3-6-16(7-4-12)21-11-15(20-2)10-13-9-14(18)5-8-17(13)19/h3-9,15,20H,10-11H2,1-2H3. The Morgan fingerprint density at radius 3 is 2.57 bits per heavy atom. The highest BCUT2D eigenvalue weighted by molar-refractivity contribution is 9.10. The van der Waals surface area contributed by atoms with E-state index in [4.69, 9.17) is 0 Å². The van der Waals surface area contributed by atoms with E-state index in [0.29, 0.717) is 6.42 Å². The van der Waals surface area contributed by atoms with Crippen LogP contribution in [0.5, 0.6) is 0 Å². The summed E-state index contributed by atoms with van der Waals surface area (Å²) in [5.41, 5.74) is 2.01. The van der Waals surface area contributed by atoms with Gasteiger partial charge in [-0.3, -0.25) is 0 Å². The van der Waals surface area contributed by atoms with Crippen LogP contribution in [0.25, 0.3) is 0 Å². The number of benzene rings is 2. The van der Waals surface area contributed by atoms with Gasteiger partial charge >= 0.3 is 0 Å². The molecule has 0 saturated heterocycles. The number of likely N-dealkylation sites (N-methyl/N-ethyl adjacent to an activating group) is 1. The molecule has 112 valence electrons. The van der Waals surface area contributed by atoms with E-state index in [1.54, 1.807) is 17.8 Å². The van der Waals surface area contributed by atoms with Crippen LogP contribution >= 0.6 is 27.7 Å². The minimum atomic E-state index is -0.140. The van der Waals surface area contributed by atoms with Gasteiger partial charge in [-0.05, 0) is 56.3 Å². The lowest BCUT2D eigenvalue weighted by Gasteiger charge is -2.16. The number of hydrogen-bond donors (Lipinski definition) is 1. The molecule has 0 spiro atoms. The Bertz CT molecular complexity index is 586. The third kappa shape index (κ3) is 5.13. The molecule has 21 heavy (non-hydrogen) atoms. The zero-order chi connectivity index (χ0) is 15.2. The van der Waals surface area contributed by atoms with Crippen LogP contribution in [0.15, 0.2) is 51.8 Å². The first kappa shape index (κ1) is 16.5. The lowest BCUT2D eigenvalue weighted by atomic mass is 10.1. The van der Waals surface area contributed by atoms with Gasteiger partial charge in [-0.2, -0.15) is 0 Å². The molecule has 0 aliphatic carbocycles. The van der Waals surface area contributed by atoms with Crippen LogP contribution < -0.4 is 5.32 Å². The van der Waals surface area contributed by atoms with E-state index >= 15 is 0 Å². The van der Waals surface area contributed by atoms with Crippen molar-refractivity contribution in [2.45, 2.75) is 24.3 Å². The van der Waals surface area contributed by atoms with Crippen LogP contribution in [0.2, 0.25) is 0 Å². The highest BCUT2D eigenvalue weighted by Gasteiger charge is 2.11. The van der Waals surface area contributed by atoms with Crippen LogP contribution in [0.4, 0.5) is 4.39 Å². The van der Waals surface area contributed by atoms with E-state index in [1.807, 2.05) is 13.1 Å². The molecule has 0 aliphatic rings. The Labute approximate surface area is 138 Å². The second kappa shape index (κ2) is 7.97. The fourth-order valence-corrected chi connectivity index (χ4v) is 3.46. The summed E-state index contributed by atoms with van der Waals surface area (Å²) in [6.45, 7) is 2.08. The third-order valence-corrected chi connectivity index (χ3v) is 5.02. The van der Waals surface area contributed by atoms with Gasteiger partial charge in [0.1, 0.15) is 5.82 Å². The number of aryl methyl sites for hydroxylation is 1. The molecular formula is C17H19BrFNS. The van der Waals surface area contributed by atoms with Gasteiger partial charge < -0.3 is 5.32 Å². The van der Waals surface area contributed by atoms with Crippen molar-refractivity contribution in [2.24, 2.45) is 0 Å². The van der Waals surface area contributed by atoms with Crippen molar-refractivity contribution in [1.82, 2.24) is 5.32 Å². The predicted molar refractivity (Wildman–Crippen MR) is 92.6 cm³/mol. The number of nitrogens with one attached hydrogen (secondary N) is 1. The third-order valence-electron chi connectivity index (χ3n) is 3.35. The first-order valence-corrected chi connectivity index (χ1v) is 8.67. The molecule has 0 radical (unpaired) electrons. The van der Waals surface area contributed by atoms with Gasteiger partial charge in [-0.25, -0.2) is 4.39 Å². The maximum atomic E-state index is 13.8. The quantitative estimate of drug-likeness (QED) is 0.734. The lowest BCUT2D eigenvalue weighted by molar-refractivity contribution is 0.568. The Kier molecular flexibility index (Phi) is 6.27. The van der Waals surface area contributed by atoms with Gasteiger partial charge in [-0.1, -0.05) is 33.6 Å². The second-order valence-electron chi connectivity index (χ2n) is 5.05. The van der Waals surface area contributed by atoms with Gasteiger partial charge in [-0.15, -0.1) is 11.8 Å². The minimum absolute atomic E-state index is 0.140. The molecule has 2 aromatic rings. The van der Waals surface area contributed by atoms with Crippen LogP contribution in [-0.2, 0) is 6.42 Å². The molecule has 1 nitrogen and oxygen atoms in total. The Hall–Kier alpha value is -0.840. The van der Waals surface area contributed by atoms with Crippen molar-refractivity contribution in [1.29, 1.82) is 0 Å². The number of halogens is 2. The molecule has 0 heterocycles. The summed E-state index contributed by atoms with van der Waals surface area (Å²) in [6.07, 6.45) is 0.681. The van der Waals surface area contributed by atoms with Crippen molar-refractivity contribution in [3.05, 3.63) is 63.9 Å². The SMILES string of the molecule is CNC(CSc1ccc(C)cc1)Cc1cc(Br)ccc1F. The smallest absolute Gasteiger partial charge is 0.126 e. The molecule has 0 aliphatic heterocycles. The summed E-state index contributed by atoms with van der Waals surface area (Å²) in [4.78, 5) is 1.25. The molecule has 0 fully saturated rings. The largest absolute Gasteiger partial charge is 0.316 e. The van der Waals surface area contributed by atoms with E-state index in [-0.39, 0.29) is 11.9 Å². The van der Waals surface area contributed by atoms with Crippen LogP contribution in [0, 0.1) is 12.7 Å². The maximum absolute atomic E-state index is 13.8. The van der Waals surface area contributed by atoms with Crippen LogP contribution in [0.1, 0.15) is 11.1 Å². The summed E-state index contributed by atoms with van der Waals surface area (Å²) >= 11 is 5.19. The topological polar surface area (TPSA) is 12.0 Å². The summed E-state index contributed by atoms with van der Waals surface area (Å²) < 4.78 is 14.7. The molecule has 2 aromatic carbocycles. The van der Waals surface area contributed by atoms with Gasteiger partial charge in [0.2, 0.25) is 0 Å². The molecule has 1 unspecified atom stereocenters. The molecule has 0 aromatic heterocycles. The highest BCUT2D eigenvalue weighted by Crippen LogP contribution is 2.22. The molecule has 0 amide bonds. The molecule has 2 rings (SSSR count). The van der Waals surface area contributed by atoms with E-state index in [9.17, 15) is 4.39 Å². The lowest BCUT2D eigenvalue weighted by Crippen LogP contribution is -2.30. The monoisotopic (exact) mass is 367 g/mol. The number of thioether (sulfide) groups is 1. The molecule has 0 saturated carbocycles. The summed E-state index contributed by atoms with van der Waals surface area (Å²) in [6, 6.07) is 13.8. The summed E-state index contributed by atoms with van der Waals surface area (Å²) in [5, 5.41) is 3.28. The van der Waals surface area contributed by atoms with Gasteiger partial charge in [0.25, 0.3) is 0 Å². The van der Waals surface area contributed by atoms with Crippen molar-refractivity contribution in [2.75, 3.05) is 12.8 Å². The van der Waals surface area contributed by atoms with Gasteiger partial charge in [0.05, 0.1) is 0 Å². The number of hydrogen-bond acceptors (Lipinski definition) is 2. The average Bonchev–Trinajstić information content (AvgIpc) is 2.48. The Morgan fingerprint density at radius 1 is 1.19 bits per heavy atom. The fraction of sp³-hybridized carbons (Fsp3) is 0.294. The van der Waals surface area contributed by atoms with Gasteiger partial charge in [0, 0.05) is 21.2 Å². The minimum Gasteiger partial charge on any atom is -0.316 e. The molecule has 0 bridgehead atoms. The Balaban J connectivity index is 1.96. The fourth-order valence-electron chi connectivity index (χ4n) is 2.04. The van der Waals surface area contributed by atoms with Crippen LogP contribution in [-0.4, -0.2) is 18.8 Å². The van der Waals surface area contributed by atoms with Crippen molar-refractivity contribution >= 4 is 27.7 Å². The van der Waals surface area contributed by atoms with E-state index < -0.39 is 0 Å². The number of rotatable bonds is 6. The molecule has 4 heteroatoms. The second-order valence-corrected chi connectivity index (χ2v) is 7.06. The zero-order valence-electron chi connectivity index (χ0n) is 12.2. The zero-order valence-corrected chi connectivity index (χ0v) is 14.6. The average molecular weight is 368 g/mol. The van der Waals surface area contributed by atoms with Crippen molar-refractivity contribution in [3.63, 3.8) is 0 Å². The molecular weight excluding hydrogens is 349 g/mol. The summed E-state index contributed by atoms with van der Waals surface area (Å²) in [7, 11) is 1.93. The van der Waals surface area contributed by atoms with Gasteiger partial charge in [0.15, 0.2) is 0 Å². The first-order chi connectivity index (χ1) is 10.1.